The van der Waals surface area contributed by atoms with E-state index >= 15 is 0 Å². The maximum atomic E-state index is 14.0. The normalized spacial score (nSPS) is 21.8. The summed E-state index contributed by atoms with van der Waals surface area (Å²) in [4.78, 5) is 15.9. The maximum Gasteiger partial charge on any atom is 0.203 e. The molecule has 180 valence electrons. The average molecular weight is 472 g/mol. The summed E-state index contributed by atoms with van der Waals surface area (Å²) >= 11 is 0. The standard InChI is InChI=1S/C28H29N3O4/c1-27(2,3)26(32)22-21(19-11-12-20(33-4)24(35-6)23(19)34-5)28(15-29,16-30)25-18-10-8-7-9-17(18)13-14-31(22)25/h7-14,21-22,25H,1-6H3/t21-,22+,25-/m1/s1. The highest BCUT2D eigenvalue weighted by Crippen LogP contribution is 2.62. The smallest absolute Gasteiger partial charge is 0.203 e. The van der Waals surface area contributed by atoms with Gasteiger partial charge in [0.2, 0.25) is 5.75 Å². The highest BCUT2D eigenvalue weighted by atomic mass is 16.5. The van der Waals surface area contributed by atoms with Gasteiger partial charge in [-0.05, 0) is 23.3 Å². The minimum Gasteiger partial charge on any atom is -0.493 e. The fourth-order valence-electron chi connectivity index (χ4n) is 5.45. The number of nitrogens with zero attached hydrogens (tertiary/aromatic N) is 3. The predicted molar refractivity (Wildman–Crippen MR) is 131 cm³/mol. The minimum atomic E-state index is -1.58. The number of nitriles is 2. The van der Waals surface area contributed by atoms with Gasteiger partial charge >= 0.3 is 0 Å². The molecule has 0 spiro atoms. The van der Waals surface area contributed by atoms with Gasteiger partial charge in [-0.1, -0.05) is 51.1 Å². The first-order valence-corrected chi connectivity index (χ1v) is 11.4. The summed E-state index contributed by atoms with van der Waals surface area (Å²) < 4.78 is 16.8. The second kappa shape index (κ2) is 8.67. The third-order valence-electron chi connectivity index (χ3n) is 7.02. The Bertz CT molecular complexity index is 1260. The summed E-state index contributed by atoms with van der Waals surface area (Å²) in [6.07, 6.45) is 3.78. The lowest BCUT2D eigenvalue weighted by molar-refractivity contribution is -0.130. The van der Waals surface area contributed by atoms with Crippen LogP contribution in [0.3, 0.4) is 0 Å². The Labute approximate surface area is 206 Å². The largest absolute Gasteiger partial charge is 0.493 e. The van der Waals surface area contributed by atoms with E-state index in [4.69, 9.17) is 14.2 Å². The van der Waals surface area contributed by atoms with Gasteiger partial charge in [-0.2, -0.15) is 10.5 Å². The Morgan fingerprint density at radius 1 is 0.943 bits per heavy atom. The number of benzene rings is 2. The molecular weight excluding hydrogens is 442 g/mol. The Hall–Kier alpha value is -3.97. The molecule has 0 unspecified atom stereocenters. The van der Waals surface area contributed by atoms with Gasteiger partial charge in [0.05, 0.1) is 45.6 Å². The number of hydrogen-bond donors (Lipinski definition) is 0. The SMILES string of the molecule is COc1ccc([C@@H]2[C@@H](C(=O)C(C)(C)C)N3C=Cc4ccccc4[C@@H]3C2(C#N)C#N)c(OC)c1OC. The first kappa shape index (κ1) is 24.2. The third kappa shape index (κ3) is 3.42. The van der Waals surface area contributed by atoms with Crippen LogP contribution in [0.1, 0.15) is 49.4 Å². The van der Waals surface area contributed by atoms with Gasteiger partial charge < -0.3 is 19.1 Å². The van der Waals surface area contributed by atoms with Crippen LogP contribution in [0.2, 0.25) is 0 Å². The van der Waals surface area contributed by atoms with Crippen molar-refractivity contribution in [2.24, 2.45) is 10.8 Å². The van der Waals surface area contributed by atoms with Gasteiger partial charge in [0.25, 0.3) is 0 Å². The molecule has 35 heavy (non-hydrogen) atoms. The Morgan fingerprint density at radius 2 is 1.60 bits per heavy atom. The monoisotopic (exact) mass is 471 g/mol. The van der Waals surface area contributed by atoms with E-state index in [2.05, 4.69) is 12.1 Å². The van der Waals surface area contributed by atoms with Crippen molar-refractivity contribution < 1.29 is 19.0 Å². The number of methoxy groups -OCH3 is 3. The molecule has 2 aliphatic heterocycles. The highest BCUT2D eigenvalue weighted by Gasteiger charge is 2.65. The summed E-state index contributed by atoms with van der Waals surface area (Å²) in [6, 6.07) is 14.5. The second-order valence-corrected chi connectivity index (χ2v) is 9.85. The molecule has 0 aromatic heterocycles. The van der Waals surface area contributed by atoms with Crippen LogP contribution < -0.4 is 14.2 Å². The van der Waals surface area contributed by atoms with E-state index < -0.39 is 28.8 Å². The average Bonchev–Trinajstić information content (AvgIpc) is 3.17. The summed E-state index contributed by atoms with van der Waals surface area (Å²) in [5.41, 5.74) is 0.0101. The van der Waals surface area contributed by atoms with Gasteiger partial charge in [0.15, 0.2) is 22.7 Å². The van der Waals surface area contributed by atoms with Gasteiger partial charge in [-0.15, -0.1) is 0 Å². The Morgan fingerprint density at radius 3 is 2.17 bits per heavy atom. The van der Waals surface area contributed by atoms with Crippen molar-refractivity contribution in [2.45, 2.75) is 38.8 Å². The summed E-state index contributed by atoms with van der Waals surface area (Å²) in [5.74, 6) is 0.253. The molecule has 0 saturated carbocycles. The molecule has 4 rings (SSSR count). The van der Waals surface area contributed by atoms with Crippen molar-refractivity contribution in [2.75, 3.05) is 21.3 Å². The zero-order valence-corrected chi connectivity index (χ0v) is 20.8. The number of carbonyl (C=O) groups is 1. The van der Waals surface area contributed by atoms with Crippen LogP contribution in [0.15, 0.2) is 42.6 Å². The molecule has 1 fully saturated rings. The first-order chi connectivity index (χ1) is 16.7. The van der Waals surface area contributed by atoms with Crippen molar-refractivity contribution in [3.63, 3.8) is 0 Å². The molecule has 0 radical (unpaired) electrons. The van der Waals surface area contributed by atoms with E-state index in [1.54, 1.807) is 12.1 Å². The Balaban J connectivity index is 2.09. The second-order valence-electron chi connectivity index (χ2n) is 9.85. The van der Waals surface area contributed by atoms with Crippen LogP contribution in [0, 0.1) is 33.5 Å². The zero-order chi connectivity index (χ0) is 25.5. The number of carbonyl (C=O) groups excluding carboxylic acids is 1. The van der Waals surface area contributed by atoms with Crippen LogP contribution in [-0.2, 0) is 4.79 Å². The predicted octanol–water partition coefficient (Wildman–Crippen LogP) is 4.85. The van der Waals surface area contributed by atoms with Crippen molar-refractivity contribution in [3.05, 3.63) is 59.3 Å². The fraction of sp³-hybridized carbons (Fsp3) is 0.393. The van der Waals surface area contributed by atoms with E-state index in [0.29, 0.717) is 22.8 Å². The van der Waals surface area contributed by atoms with Crippen LogP contribution in [0.25, 0.3) is 6.08 Å². The molecule has 7 heteroatoms. The number of fused-ring (bicyclic) bond motifs is 3. The minimum absolute atomic E-state index is 0.0688. The van der Waals surface area contributed by atoms with Gasteiger partial charge in [-0.3, -0.25) is 4.79 Å². The highest BCUT2D eigenvalue weighted by molar-refractivity contribution is 5.91. The first-order valence-electron chi connectivity index (χ1n) is 11.4. The van der Waals surface area contributed by atoms with Crippen LogP contribution >= 0.6 is 0 Å². The molecular formula is C28H29N3O4. The molecule has 7 nitrogen and oxygen atoms in total. The van der Waals surface area contributed by atoms with Gasteiger partial charge in [0.1, 0.15) is 0 Å². The van der Waals surface area contributed by atoms with Crippen molar-refractivity contribution >= 4 is 11.9 Å². The van der Waals surface area contributed by atoms with Gasteiger partial charge in [-0.25, -0.2) is 0 Å². The van der Waals surface area contributed by atoms with Gasteiger partial charge in [0, 0.05) is 23.1 Å². The topological polar surface area (TPSA) is 95.6 Å². The fourth-order valence-corrected chi connectivity index (χ4v) is 5.45. The molecule has 3 atom stereocenters. The summed E-state index contributed by atoms with van der Waals surface area (Å²) in [6.45, 7) is 5.56. The van der Waals surface area contributed by atoms with Crippen molar-refractivity contribution in [1.29, 1.82) is 10.5 Å². The zero-order valence-electron chi connectivity index (χ0n) is 20.8. The van der Waals surface area contributed by atoms with Crippen molar-refractivity contribution in [1.82, 2.24) is 4.90 Å². The molecule has 2 aliphatic rings. The van der Waals surface area contributed by atoms with E-state index in [-0.39, 0.29) is 5.78 Å². The molecule has 0 bridgehead atoms. The van der Waals surface area contributed by atoms with E-state index in [1.807, 2.05) is 62.2 Å². The molecule has 2 aromatic rings. The number of Topliss-reactive ketones (excluding diaryl/α,β-unsaturated/α-hetero) is 1. The van der Waals surface area contributed by atoms with Crippen LogP contribution in [0.5, 0.6) is 17.2 Å². The van der Waals surface area contributed by atoms with Crippen LogP contribution in [0.4, 0.5) is 0 Å². The molecule has 1 saturated heterocycles. The molecule has 0 N–H and O–H groups in total. The van der Waals surface area contributed by atoms with E-state index in [1.165, 1.54) is 21.3 Å². The molecule has 2 aromatic carbocycles. The quantitative estimate of drug-likeness (QED) is 0.615. The third-order valence-corrected chi connectivity index (χ3v) is 7.02. The van der Waals surface area contributed by atoms with E-state index in [0.717, 1.165) is 11.1 Å². The molecule has 0 aliphatic carbocycles. The van der Waals surface area contributed by atoms with E-state index in [9.17, 15) is 15.3 Å². The number of ketones is 1. The molecule has 0 amide bonds. The summed E-state index contributed by atoms with van der Waals surface area (Å²) in [5, 5.41) is 21.3. The lowest BCUT2D eigenvalue weighted by atomic mass is 9.66. The lowest BCUT2D eigenvalue weighted by Crippen LogP contribution is -2.43. The van der Waals surface area contributed by atoms with Crippen molar-refractivity contribution in [3.8, 4) is 29.4 Å². The molecule has 2 heterocycles. The number of rotatable bonds is 5. The Kier molecular flexibility index (Phi) is 5.99. The number of hydrogen-bond acceptors (Lipinski definition) is 7. The summed E-state index contributed by atoms with van der Waals surface area (Å²) in [7, 11) is 4.52. The maximum absolute atomic E-state index is 14.0. The lowest BCUT2D eigenvalue weighted by Gasteiger charge is -2.36. The number of ether oxygens (including phenoxy) is 3. The van der Waals surface area contributed by atoms with Crippen LogP contribution in [-0.4, -0.2) is 38.1 Å².